The van der Waals surface area contributed by atoms with Gasteiger partial charge in [0.1, 0.15) is 0 Å². The first-order chi connectivity index (χ1) is 11.5. The summed E-state index contributed by atoms with van der Waals surface area (Å²) in [5.74, 6) is -0.508. The topological polar surface area (TPSA) is 84.5 Å². The number of benzene rings is 1. The van der Waals surface area contributed by atoms with Gasteiger partial charge in [-0.1, -0.05) is 15.9 Å². The molecule has 2 amide bonds. The molecular formula is C17H21BrN2O4. The van der Waals surface area contributed by atoms with Crippen LogP contribution in [-0.4, -0.2) is 37.0 Å². The van der Waals surface area contributed by atoms with Crippen LogP contribution >= 0.6 is 15.9 Å². The van der Waals surface area contributed by atoms with Gasteiger partial charge in [0.05, 0.1) is 6.42 Å². The Hall–Kier alpha value is -1.89. The number of hydrogen-bond donors (Lipinski definition) is 2. The lowest BCUT2D eigenvalue weighted by molar-refractivity contribution is -0.148. The zero-order valence-electron chi connectivity index (χ0n) is 13.5. The number of halogens is 1. The number of hydrogen-bond acceptors (Lipinski definition) is 4. The fraction of sp³-hybridized carbons (Fsp3) is 0.471. The summed E-state index contributed by atoms with van der Waals surface area (Å²) in [6, 6.07) is 7.03. The molecular weight excluding hydrogens is 376 g/mol. The van der Waals surface area contributed by atoms with Crippen LogP contribution in [0.2, 0.25) is 0 Å². The molecule has 0 aliphatic heterocycles. The summed E-state index contributed by atoms with van der Waals surface area (Å²) in [5, 5.41) is 5.44. The molecule has 2 N–H and O–H groups in total. The molecule has 6 nitrogen and oxygen atoms in total. The standard InChI is InChI=1S/C17H21BrN2O4/c1-11(12-2-3-12)20-15(21)10-24-16(22)8-9-19-17(23)13-4-6-14(18)7-5-13/h4-7,11-12H,2-3,8-10H2,1H3,(H,19,23)(H,20,21)/t11-/m0/s1. The Balaban J connectivity index is 1.59. The third kappa shape index (κ3) is 6.31. The van der Waals surface area contributed by atoms with Crippen molar-refractivity contribution in [3.63, 3.8) is 0 Å². The largest absolute Gasteiger partial charge is 0.456 e. The van der Waals surface area contributed by atoms with Crippen molar-refractivity contribution in [2.75, 3.05) is 13.2 Å². The number of nitrogens with one attached hydrogen (secondary N) is 2. The van der Waals surface area contributed by atoms with E-state index in [1.807, 2.05) is 6.92 Å². The molecule has 1 aliphatic carbocycles. The number of amides is 2. The molecule has 1 fully saturated rings. The predicted octanol–water partition coefficient (Wildman–Crippen LogP) is 2.03. The van der Waals surface area contributed by atoms with Crippen molar-refractivity contribution in [1.29, 1.82) is 0 Å². The maximum atomic E-state index is 11.9. The SMILES string of the molecule is C[C@H](NC(=O)COC(=O)CCNC(=O)c1ccc(Br)cc1)C1CC1. The molecule has 0 heterocycles. The van der Waals surface area contributed by atoms with Crippen LogP contribution < -0.4 is 10.6 Å². The Labute approximate surface area is 149 Å². The van der Waals surface area contributed by atoms with E-state index in [0.29, 0.717) is 11.5 Å². The molecule has 7 heteroatoms. The molecule has 1 atom stereocenters. The number of carbonyl (C=O) groups excluding carboxylic acids is 3. The van der Waals surface area contributed by atoms with Gasteiger partial charge in [0.25, 0.3) is 11.8 Å². The second-order valence-corrected chi connectivity index (χ2v) is 6.78. The van der Waals surface area contributed by atoms with E-state index in [4.69, 9.17) is 4.74 Å². The molecule has 1 aromatic carbocycles. The van der Waals surface area contributed by atoms with Crippen LogP contribution in [0.4, 0.5) is 0 Å². The van der Waals surface area contributed by atoms with Gasteiger partial charge in [0, 0.05) is 22.6 Å². The Kier molecular flexibility index (Phi) is 6.78. The highest BCUT2D eigenvalue weighted by Gasteiger charge is 2.28. The van der Waals surface area contributed by atoms with Crippen LogP contribution in [0.3, 0.4) is 0 Å². The zero-order valence-corrected chi connectivity index (χ0v) is 15.1. The molecule has 1 aromatic rings. The highest BCUT2D eigenvalue weighted by molar-refractivity contribution is 9.10. The molecule has 0 bridgehead atoms. The molecule has 1 aliphatic rings. The van der Waals surface area contributed by atoms with Crippen molar-refractivity contribution in [3.05, 3.63) is 34.3 Å². The number of ether oxygens (including phenoxy) is 1. The van der Waals surface area contributed by atoms with E-state index in [-0.39, 0.29) is 37.4 Å². The first kappa shape index (κ1) is 18.4. The van der Waals surface area contributed by atoms with Crippen molar-refractivity contribution in [2.24, 2.45) is 5.92 Å². The molecule has 0 saturated heterocycles. The van der Waals surface area contributed by atoms with Crippen molar-refractivity contribution >= 4 is 33.7 Å². The van der Waals surface area contributed by atoms with Gasteiger partial charge in [-0.3, -0.25) is 14.4 Å². The van der Waals surface area contributed by atoms with Crippen LogP contribution in [0.5, 0.6) is 0 Å². The maximum Gasteiger partial charge on any atom is 0.308 e. The fourth-order valence-electron chi connectivity index (χ4n) is 2.21. The molecule has 130 valence electrons. The Morgan fingerprint density at radius 1 is 1.25 bits per heavy atom. The monoisotopic (exact) mass is 396 g/mol. The van der Waals surface area contributed by atoms with Gasteiger partial charge in [-0.2, -0.15) is 0 Å². The third-order valence-electron chi connectivity index (χ3n) is 3.80. The van der Waals surface area contributed by atoms with Crippen molar-refractivity contribution in [3.8, 4) is 0 Å². The van der Waals surface area contributed by atoms with Crippen LogP contribution in [0.15, 0.2) is 28.7 Å². The lowest BCUT2D eigenvalue weighted by Gasteiger charge is -2.12. The fourth-order valence-corrected chi connectivity index (χ4v) is 2.47. The van der Waals surface area contributed by atoms with E-state index < -0.39 is 5.97 Å². The first-order valence-electron chi connectivity index (χ1n) is 7.94. The van der Waals surface area contributed by atoms with Gasteiger partial charge in [-0.15, -0.1) is 0 Å². The summed E-state index contributed by atoms with van der Waals surface area (Å²) in [4.78, 5) is 35.1. The predicted molar refractivity (Wildman–Crippen MR) is 92.4 cm³/mol. The smallest absolute Gasteiger partial charge is 0.308 e. The quantitative estimate of drug-likeness (QED) is 0.658. The number of carbonyl (C=O) groups is 3. The van der Waals surface area contributed by atoms with Crippen LogP contribution in [0.25, 0.3) is 0 Å². The average Bonchev–Trinajstić information content (AvgIpc) is 3.38. The Morgan fingerprint density at radius 3 is 2.54 bits per heavy atom. The minimum absolute atomic E-state index is 0.0216. The second-order valence-electron chi connectivity index (χ2n) is 5.87. The average molecular weight is 397 g/mol. The van der Waals surface area contributed by atoms with Crippen LogP contribution in [0.1, 0.15) is 36.5 Å². The molecule has 0 spiro atoms. The van der Waals surface area contributed by atoms with Crippen molar-refractivity contribution in [1.82, 2.24) is 10.6 Å². The van der Waals surface area contributed by atoms with E-state index in [0.717, 1.165) is 17.3 Å². The van der Waals surface area contributed by atoms with Gasteiger partial charge < -0.3 is 15.4 Å². The van der Waals surface area contributed by atoms with Crippen LogP contribution in [-0.2, 0) is 14.3 Å². The molecule has 2 rings (SSSR count). The minimum Gasteiger partial charge on any atom is -0.456 e. The molecule has 0 radical (unpaired) electrons. The summed E-state index contributed by atoms with van der Waals surface area (Å²) in [5.41, 5.74) is 0.514. The maximum absolute atomic E-state index is 11.9. The highest BCUT2D eigenvalue weighted by Crippen LogP contribution is 2.32. The third-order valence-corrected chi connectivity index (χ3v) is 4.33. The lowest BCUT2D eigenvalue weighted by Crippen LogP contribution is -2.37. The minimum atomic E-state index is -0.514. The van der Waals surface area contributed by atoms with E-state index >= 15 is 0 Å². The van der Waals surface area contributed by atoms with E-state index in [1.54, 1.807) is 24.3 Å². The van der Waals surface area contributed by atoms with E-state index in [2.05, 4.69) is 26.6 Å². The van der Waals surface area contributed by atoms with Gasteiger partial charge in [-0.25, -0.2) is 0 Å². The molecule has 1 saturated carbocycles. The van der Waals surface area contributed by atoms with Crippen molar-refractivity contribution in [2.45, 2.75) is 32.2 Å². The van der Waals surface area contributed by atoms with E-state index in [1.165, 1.54) is 0 Å². The van der Waals surface area contributed by atoms with Gasteiger partial charge >= 0.3 is 5.97 Å². The number of esters is 1. The number of rotatable bonds is 8. The second kappa shape index (κ2) is 8.82. The Morgan fingerprint density at radius 2 is 1.92 bits per heavy atom. The van der Waals surface area contributed by atoms with Crippen molar-refractivity contribution < 1.29 is 19.1 Å². The van der Waals surface area contributed by atoms with Crippen LogP contribution in [0, 0.1) is 5.92 Å². The van der Waals surface area contributed by atoms with Gasteiger partial charge in [0.15, 0.2) is 6.61 Å². The Bertz CT molecular complexity index is 599. The molecule has 24 heavy (non-hydrogen) atoms. The normalized spacial score (nSPS) is 14.6. The zero-order chi connectivity index (χ0) is 17.5. The summed E-state index contributed by atoms with van der Waals surface area (Å²) in [7, 11) is 0. The summed E-state index contributed by atoms with van der Waals surface area (Å²) in [6.07, 6.45) is 2.30. The lowest BCUT2D eigenvalue weighted by atomic mass is 10.2. The van der Waals surface area contributed by atoms with Gasteiger partial charge in [0.2, 0.25) is 0 Å². The first-order valence-corrected chi connectivity index (χ1v) is 8.74. The van der Waals surface area contributed by atoms with E-state index in [9.17, 15) is 14.4 Å². The van der Waals surface area contributed by atoms with Gasteiger partial charge in [-0.05, 0) is 49.9 Å². The highest BCUT2D eigenvalue weighted by atomic mass is 79.9. The molecule has 0 aromatic heterocycles. The summed E-state index contributed by atoms with van der Waals surface area (Å²) < 4.78 is 5.79. The molecule has 0 unspecified atom stereocenters. The summed E-state index contributed by atoms with van der Waals surface area (Å²) >= 11 is 3.30. The summed E-state index contributed by atoms with van der Waals surface area (Å²) in [6.45, 7) is 1.83.